The fourth-order valence-corrected chi connectivity index (χ4v) is 12.1. The van der Waals surface area contributed by atoms with Gasteiger partial charge >= 0.3 is 18.1 Å². The lowest BCUT2D eigenvalue weighted by atomic mass is 9.73. The summed E-state index contributed by atoms with van der Waals surface area (Å²) in [4.78, 5) is 50.0. The molecule has 1 aliphatic carbocycles. The van der Waals surface area contributed by atoms with Gasteiger partial charge in [0, 0.05) is 58.2 Å². The Morgan fingerprint density at radius 2 is 1.54 bits per heavy atom. The average molecular weight is 1020 g/mol. The van der Waals surface area contributed by atoms with E-state index in [0.29, 0.717) is 25.0 Å². The molecular formula is C53H89N3O16. The van der Waals surface area contributed by atoms with Crippen molar-refractivity contribution in [1.82, 2.24) is 4.90 Å². The van der Waals surface area contributed by atoms with Crippen molar-refractivity contribution in [3.05, 3.63) is 0 Å². The van der Waals surface area contributed by atoms with Crippen molar-refractivity contribution in [3.8, 4) is 6.07 Å². The zero-order chi connectivity index (χ0) is 53.5. The summed E-state index contributed by atoms with van der Waals surface area (Å²) >= 11 is 0. The Hall–Kier alpha value is -3.19. The van der Waals surface area contributed by atoms with E-state index in [0.717, 1.165) is 19.3 Å². The van der Waals surface area contributed by atoms with Crippen LogP contribution >= 0.6 is 0 Å². The molecule has 5 fully saturated rings. The summed E-state index contributed by atoms with van der Waals surface area (Å²) in [5, 5.41) is 14.3. The van der Waals surface area contributed by atoms with Crippen LogP contribution in [0.15, 0.2) is 5.16 Å². The SMILES string of the molecule is CC[C@H]1OC(=O)[C@H](C)[C@@H](O[C@H]2C[C@@](C)(OC)[C@@H](OCCC#N)[C@H](C)O2)[C@H](C)[C@@H](O[C@@H]2O[C@H](C)C[C@H](N(C)C)[C@H]2OC(C)=O)[C@](C)(OC)C[C@@H](C)/C(=N\OC2(OC(C)C)CCCCC2)[C@H](C)[C@H]2OC(=O)O[C@@]21C. The van der Waals surface area contributed by atoms with Crippen LogP contribution in [0.25, 0.3) is 0 Å². The van der Waals surface area contributed by atoms with Crippen molar-refractivity contribution in [1.29, 1.82) is 5.26 Å². The van der Waals surface area contributed by atoms with Gasteiger partial charge in [-0.2, -0.15) is 5.26 Å². The second-order valence-corrected chi connectivity index (χ2v) is 22.2. The van der Waals surface area contributed by atoms with Gasteiger partial charge in [0.05, 0.1) is 78.5 Å². The van der Waals surface area contributed by atoms with Crippen LogP contribution in [0.2, 0.25) is 0 Å². The van der Waals surface area contributed by atoms with Gasteiger partial charge < -0.3 is 66.6 Å². The van der Waals surface area contributed by atoms with Crippen LogP contribution in [0.4, 0.5) is 4.79 Å². The van der Waals surface area contributed by atoms with Crippen LogP contribution < -0.4 is 0 Å². The van der Waals surface area contributed by atoms with E-state index in [1.54, 1.807) is 28.1 Å². The van der Waals surface area contributed by atoms with Gasteiger partial charge in [-0.3, -0.25) is 9.59 Å². The zero-order valence-corrected chi connectivity index (χ0v) is 46.4. The smallest absolute Gasteiger partial charge is 0.458 e. The van der Waals surface area contributed by atoms with Crippen LogP contribution in [0, 0.1) is 35.0 Å². The van der Waals surface area contributed by atoms with Crippen molar-refractivity contribution in [2.75, 3.05) is 34.9 Å². The molecule has 4 heterocycles. The number of cyclic esters (lactones) is 1. The molecule has 1 saturated carbocycles. The highest BCUT2D eigenvalue weighted by Crippen LogP contribution is 2.45. The minimum Gasteiger partial charge on any atom is -0.458 e. The Morgan fingerprint density at radius 3 is 2.12 bits per heavy atom. The average Bonchev–Trinajstić information content (AvgIpc) is 3.63. The van der Waals surface area contributed by atoms with E-state index in [2.05, 4.69) is 6.07 Å². The van der Waals surface area contributed by atoms with Gasteiger partial charge in [0.25, 0.3) is 0 Å². The second-order valence-electron chi connectivity index (χ2n) is 22.2. The topological polar surface area (TPSA) is 211 Å². The molecule has 19 nitrogen and oxygen atoms in total. The number of rotatable bonds is 16. The van der Waals surface area contributed by atoms with E-state index in [1.807, 2.05) is 88.2 Å². The molecule has 5 aliphatic rings. The summed E-state index contributed by atoms with van der Waals surface area (Å²) in [5.41, 5.74) is -3.12. The molecule has 72 heavy (non-hydrogen) atoms. The minimum absolute atomic E-state index is 0.148. The predicted molar refractivity (Wildman–Crippen MR) is 263 cm³/mol. The van der Waals surface area contributed by atoms with Crippen LogP contribution in [0.1, 0.15) is 154 Å². The molecule has 19 heteroatoms. The first-order chi connectivity index (χ1) is 33.8. The van der Waals surface area contributed by atoms with Crippen molar-refractivity contribution in [2.45, 2.75) is 250 Å². The summed E-state index contributed by atoms with van der Waals surface area (Å²) in [7, 11) is 7.04. The maximum atomic E-state index is 15.1. The molecule has 18 atom stereocenters. The molecule has 0 radical (unpaired) electrons. The van der Waals surface area contributed by atoms with Crippen LogP contribution in [0.3, 0.4) is 0 Å². The second kappa shape index (κ2) is 25.1. The molecule has 4 saturated heterocycles. The Bertz CT molecular complexity index is 1880. The third-order valence-electron chi connectivity index (χ3n) is 15.9. The first kappa shape index (κ1) is 59.7. The highest BCUT2D eigenvalue weighted by atomic mass is 16.8. The molecule has 0 N–H and O–H groups in total. The first-order valence-corrected chi connectivity index (χ1v) is 26.4. The standard InChI is InChI=1S/C53H89N3O16/c1-18-39-52(13)45(69-49(59)71-52)33(6)41(55-72-53(70-30(2)3)23-20-19-21-24-53)31(4)28-50(11,60-16)44(68-48-43(65-37(10)57)38(56(14)15)27-32(5)63-48)34(7)42(35(8)47(58)66-39)67-40-29-51(12,61-17)46(36(9)64-40)62-26-22-25-54/h30-36,38-40,42-46,48H,18-24,26-29H2,1-17H3/b55-41+/t31-,32-,33+,34+,35-,36+,38+,39-,40+,42+,43-,44-,45-,46+,48+,50-,51-,52-/m1/s1. The number of oxime groups is 1. The van der Waals surface area contributed by atoms with E-state index < -0.39 is 120 Å². The lowest BCUT2D eigenvalue weighted by Crippen LogP contribution is -2.62. The van der Waals surface area contributed by atoms with E-state index in [4.69, 9.17) is 66.8 Å². The molecular weight excluding hydrogens is 935 g/mol. The number of ether oxygens (including phenoxy) is 12. The maximum absolute atomic E-state index is 15.1. The molecule has 412 valence electrons. The van der Waals surface area contributed by atoms with Gasteiger partial charge in [-0.05, 0) is 102 Å². The molecule has 0 spiro atoms. The van der Waals surface area contributed by atoms with E-state index in [-0.39, 0.29) is 50.5 Å². The monoisotopic (exact) mass is 1020 g/mol. The minimum atomic E-state index is -1.47. The van der Waals surface area contributed by atoms with Gasteiger partial charge in [0.2, 0.25) is 5.79 Å². The summed E-state index contributed by atoms with van der Waals surface area (Å²) in [6.45, 7) is 24.3. The molecule has 0 aromatic heterocycles. The number of likely N-dealkylation sites (N-methyl/N-ethyl adjacent to an activating group) is 1. The van der Waals surface area contributed by atoms with Crippen LogP contribution in [-0.4, -0.2) is 160 Å². The Labute approximate surface area is 429 Å². The third-order valence-corrected chi connectivity index (χ3v) is 15.9. The van der Waals surface area contributed by atoms with Gasteiger partial charge in [0.1, 0.15) is 12.2 Å². The highest BCUT2D eigenvalue weighted by Gasteiger charge is 2.60. The largest absolute Gasteiger partial charge is 0.509 e. The van der Waals surface area contributed by atoms with Gasteiger partial charge in [0.15, 0.2) is 30.4 Å². The summed E-state index contributed by atoms with van der Waals surface area (Å²) < 4.78 is 77.9. The first-order valence-electron chi connectivity index (χ1n) is 26.4. The maximum Gasteiger partial charge on any atom is 0.509 e. The van der Waals surface area contributed by atoms with Gasteiger partial charge in [-0.1, -0.05) is 39.3 Å². The molecule has 0 amide bonds. The van der Waals surface area contributed by atoms with E-state index in [9.17, 15) is 14.9 Å². The van der Waals surface area contributed by atoms with Crippen molar-refractivity contribution in [3.63, 3.8) is 0 Å². The number of nitriles is 1. The molecule has 5 rings (SSSR count). The zero-order valence-electron chi connectivity index (χ0n) is 46.4. The van der Waals surface area contributed by atoms with Crippen LogP contribution in [-0.2, 0) is 71.3 Å². The number of methoxy groups -OCH3 is 2. The lowest BCUT2D eigenvalue weighted by Gasteiger charge is -2.50. The van der Waals surface area contributed by atoms with Crippen molar-refractivity contribution < 1.29 is 76.1 Å². The highest BCUT2D eigenvalue weighted by molar-refractivity contribution is 5.89. The number of carbonyl (C=O) groups is 3. The van der Waals surface area contributed by atoms with Gasteiger partial charge in [-0.15, -0.1) is 0 Å². The number of hydrogen-bond acceptors (Lipinski definition) is 19. The fraction of sp³-hybridized carbons (Fsp3) is 0.906. The van der Waals surface area contributed by atoms with Crippen LogP contribution in [0.5, 0.6) is 0 Å². The third kappa shape index (κ3) is 13.6. The summed E-state index contributed by atoms with van der Waals surface area (Å²) in [5.74, 6) is -5.00. The van der Waals surface area contributed by atoms with Gasteiger partial charge in [-0.25, -0.2) is 4.79 Å². The van der Waals surface area contributed by atoms with Crippen molar-refractivity contribution in [2.24, 2.45) is 28.8 Å². The Morgan fingerprint density at radius 1 is 0.889 bits per heavy atom. The Balaban J connectivity index is 1.72. The number of nitrogens with zero attached hydrogens (tertiary/aromatic N) is 3. The molecule has 0 aromatic rings. The Kier molecular flexibility index (Phi) is 20.8. The lowest BCUT2D eigenvalue weighted by molar-refractivity contribution is -0.322. The molecule has 0 unspecified atom stereocenters. The number of esters is 2. The van der Waals surface area contributed by atoms with Crippen molar-refractivity contribution >= 4 is 23.8 Å². The molecule has 4 aliphatic heterocycles. The number of carbonyl (C=O) groups excluding carboxylic acids is 3. The predicted octanol–water partition coefficient (Wildman–Crippen LogP) is 8.02. The summed E-state index contributed by atoms with van der Waals surface area (Å²) in [6.07, 6.45) is -3.80. The normalized spacial score (nSPS) is 41.6. The number of hydrogen-bond donors (Lipinski definition) is 0. The molecule has 0 aromatic carbocycles. The van der Waals surface area contributed by atoms with E-state index in [1.165, 1.54) is 6.92 Å². The molecule has 0 bridgehead atoms. The number of fused-ring (bicyclic) bond motifs is 1. The fourth-order valence-electron chi connectivity index (χ4n) is 12.1. The quantitative estimate of drug-likeness (QED) is 0.0471. The summed E-state index contributed by atoms with van der Waals surface area (Å²) in [6, 6.07) is 1.84. The van der Waals surface area contributed by atoms with E-state index >= 15 is 4.79 Å².